The van der Waals surface area contributed by atoms with E-state index >= 15 is 0 Å². The molecule has 0 bridgehead atoms. The fourth-order valence-electron chi connectivity index (χ4n) is 14.5. The van der Waals surface area contributed by atoms with E-state index in [2.05, 4.69) is 76.6 Å². The lowest BCUT2D eigenvalue weighted by atomic mass is 9.68. The van der Waals surface area contributed by atoms with Gasteiger partial charge < -0.3 is 4.57 Å². The quantitative estimate of drug-likeness (QED) is 0.0573. The van der Waals surface area contributed by atoms with E-state index in [1.54, 1.807) is 27.8 Å². The minimum Gasteiger partial charge on any atom is -0.316 e. The Hall–Kier alpha value is -1.12. The molecular formula is C59H101NSi. The molecule has 0 N–H and O–H groups in total. The average molecular weight is 853 g/mol. The van der Waals surface area contributed by atoms with Gasteiger partial charge in [0.2, 0.25) is 0 Å². The summed E-state index contributed by atoms with van der Waals surface area (Å²) in [6.07, 6.45) is 57.4. The van der Waals surface area contributed by atoms with Gasteiger partial charge in [-0.3, -0.25) is 0 Å². The largest absolute Gasteiger partial charge is 0.316 e. The molecule has 0 saturated heterocycles. The highest BCUT2D eigenvalue weighted by molar-refractivity contribution is 6.76. The summed E-state index contributed by atoms with van der Waals surface area (Å²) in [5.74, 6) is 1.47. The molecular weight excluding hydrogens is 751 g/mol. The van der Waals surface area contributed by atoms with Gasteiger partial charge in [0.15, 0.2) is 0 Å². The van der Waals surface area contributed by atoms with Crippen molar-refractivity contribution in [1.82, 2.24) is 4.57 Å². The van der Waals surface area contributed by atoms with Crippen molar-refractivity contribution < 1.29 is 0 Å². The number of allylic oxidation sites excluding steroid dienone is 4. The summed E-state index contributed by atoms with van der Waals surface area (Å²) in [6, 6.07) is 6.40. The first-order valence-corrected chi connectivity index (χ1v) is 31.0. The van der Waals surface area contributed by atoms with Crippen molar-refractivity contribution >= 4 is 13.8 Å². The second-order valence-electron chi connectivity index (χ2n) is 23.5. The van der Waals surface area contributed by atoms with Crippen molar-refractivity contribution in [3.05, 3.63) is 52.1 Å². The summed E-state index contributed by atoms with van der Waals surface area (Å²) < 4.78 is 3.20. The normalized spacial score (nSPS) is 22.3. The van der Waals surface area contributed by atoms with Crippen LogP contribution in [0.15, 0.2) is 29.9 Å². The minimum absolute atomic E-state index is 0.241. The number of fused-ring (bicyclic) bond motifs is 5. The van der Waals surface area contributed by atoms with Gasteiger partial charge >= 0.3 is 0 Å². The Balaban J connectivity index is 1.18. The van der Waals surface area contributed by atoms with Crippen molar-refractivity contribution in [3.8, 4) is 0 Å². The number of rotatable bonds is 29. The van der Waals surface area contributed by atoms with Gasteiger partial charge in [-0.25, -0.2) is 0 Å². The Morgan fingerprint density at radius 3 is 1.52 bits per heavy atom. The van der Waals surface area contributed by atoms with Crippen molar-refractivity contribution in [1.29, 1.82) is 0 Å². The predicted octanol–water partition coefficient (Wildman–Crippen LogP) is 19.0. The second-order valence-corrected chi connectivity index (χ2v) is 28.0. The fraction of sp³-hybridized carbons (Fsp3) is 0.831. The van der Waals surface area contributed by atoms with Crippen LogP contribution in [0.3, 0.4) is 0 Å². The topological polar surface area (TPSA) is 3.24 Å². The molecule has 1 aromatic rings. The first-order chi connectivity index (χ1) is 29.6. The molecule has 3 unspecified atom stereocenters. The third-order valence-corrected chi connectivity index (χ3v) is 22.2. The monoisotopic (exact) mass is 852 g/mol. The Morgan fingerprint density at radius 2 is 1.03 bits per heavy atom. The molecule has 1 nitrogen and oxygen atoms in total. The van der Waals surface area contributed by atoms with E-state index in [0.29, 0.717) is 0 Å². The molecule has 3 atom stereocenters. The van der Waals surface area contributed by atoms with Crippen LogP contribution in [0, 0.1) is 11.8 Å². The minimum atomic E-state index is -1.76. The lowest BCUT2D eigenvalue weighted by molar-refractivity contribution is 0.140. The van der Waals surface area contributed by atoms with Crippen molar-refractivity contribution in [2.75, 3.05) is 0 Å². The SMILES string of the molecule is CCCCCCCCCCCCCCC1(CCCCCCCCCCCCCC)C2=CC3CCC([Si](C)(C)N(C4CCCCC4)C(C)(C)C)C3C=C2c2cc3c(cc21)CCC3. The van der Waals surface area contributed by atoms with Crippen LogP contribution in [0.25, 0.3) is 5.57 Å². The van der Waals surface area contributed by atoms with Gasteiger partial charge in [-0.2, -0.15) is 0 Å². The molecule has 2 fully saturated rings. The molecule has 2 heteroatoms. The second kappa shape index (κ2) is 24.4. The van der Waals surface area contributed by atoms with Crippen LogP contribution in [0.2, 0.25) is 18.6 Å². The molecule has 0 aliphatic heterocycles. The van der Waals surface area contributed by atoms with Crippen molar-refractivity contribution in [2.45, 2.75) is 301 Å². The molecule has 0 heterocycles. The molecule has 0 aromatic heterocycles. The summed E-state index contributed by atoms with van der Waals surface area (Å²) in [6.45, 7) is 18.0. The lowest BCUT2D eigenvalue weighted by Crippen LogP contribution is -2.64. The zero-order valence-electron chi connectivity index (χ0n) is 42.0. The predicted molar refractivity (Wildman–Crippen MR) is 274 cm³/mol. The lowest BCUT2D eigenvalue weighted by Gasteiger charge is -2.55. The first-order valence-electron chi connectivity index (χ1n) is 28.0. The maximum atomic E-state index is 3.20. The van der Waals surface area contributed by atoms with Crippen LogP contribution in [-0.2, 0) is 18.3 Å². The Morgan fingerprint density at radius 1 is 0.557 bits per heavy atom. The Labute approximate surface area is 382 Å². The number of aryl methyl sites for hydroxylation is 2. The van der Waals surface area contributed by atoms with Crippen LogP contribution in [-0.4, -0.2) is 24.4 Å². The maximum Gasteiger partial charge on any atom is 0.126 e. The van der Waals surface area contributed by atoms with Gasteiger partial charge in [0.05, 0.1) is 0 Å². The first kappa shape index (κ1) is 49.3. The zero-order valence-corrected chi connectivity index (χ0v) is 43.0. The molecule has 0 amide bonds. The molecule has 61 heavy (non-hydrogen) atoms. The van der Waals surface area contributed by atoms with Crippen molar-refractivity contribution in [3.63, 3.8) is 0 Å². The summed E-state index contributed by atoms with van der Waals surface area (Å²) >= 11 is 0. The summed E-state index contributed by atoms with van der Waals surface area (Å²) in [7, 11) is -1.76. The summed E-state index contributed by atoms with van der Waals surface area (Å²) in [5.41, 5.74) is 11.8. The van der Waals surface area contributed by atoms with Crippen molar-refractivity contribution in [2.24, 2.45) is 11.8 Å². The smallest absolute Gasteiger partial charge is 0.126 e. The third kappa shape index (κ3) is 12.8. The molecule has 5 aliphatic carbocycles. The van der Waals surface area contributed by atoms with E-state index in [9.17, 15) is 0 Å². The van der Waals surface area contributed by atoms with Crippen LogP contribution in [0.1, 0.15) is 275 Å². The number of benzene rings is 1. The van der Waals surface area contributed by atoms with Crippen LogP contribution in [0.4, 0.5) is 0 Å². The maximum absolute atomic E-state index is 3.20. The molecule has 0 radical (unpaired) electrons. The highest BCUT2D eigenvalue weighted by atomic mass is 28.3. The van der Waals surface area contributed by atoms with Gasteiger partial charge in [-0.15, -0.1) is 0 Å². The van der Waals surface area contributed by atoms with E-state index in [4.69, 9.17) is 0 Å². The van der Waals surface area contributed by atoms with Gasteiger partial charge in [-0.1, -0.05) is 231 Å². The Bertz CT molecular complexity index is 1470. The van der Waals surface area contributed by atoms with Gasteiger partial charge in [0.1, 0.15) is 8.24 Å². The molecule has 2 saturated carbocycles. The Kier molecular flexibility index (Phi) is 19.7. The van der Waals surface area contributed by atoms with E-state index in [1.807, 2.05) is 5.57 Å². The standard InChI is InChI=1S/C59H101NSi/c1-8-10-12-14-16-18-20-22-24-26-28-33-42-59(43-34-29-27-25-23-21-19-17-15-13-11-9-2)55-45-49-37-35-36-48(49)44-53(55)54-47-52-50(46-56(54)59)40-41-57(52)61(6,7)60(58(3,4)5)51-38-31-30-32-39-51/h44-47,50-52,57H,8-43H2,1-7H3. The number of hydrogen-bond acceptors (Lipinski definition) is 1. The van der Waals surface area contributed by atoms with E-state index in [1.165, 1.54) is 231 Å². The fourth-order valence-corrected chi connectivity index (χ4v) is 20.0. The molecule has 5 aliphatic rings. The molecule has 1 aromatic carbocycles. The zero-order chi connectivity index (χ0) is 43.1. The van der Waals surface area contributed by atoms with Gasteiger partial charge in [-0.05, 0) is 123 Å². The third-order valence-electron chi connectivity index (χ3n) is 17.5. The highest BCUT2D eigenvalue weighted by Crippen LogP contribution is 2.62. The van der Waals surface area contributed by atoms with E-state index in [0.717, 1.165) is 23.4 Å². The van der Waals surface area contributed by atoms with E-state index in [-0.39, 0.29) is 11.0 Å². The number of unbranched alkanes of at least 4 members (excludes halogenated alkanes) is 22. The van der Waals surface area contributed by atoms with Gasteiger partial charge in [0.25, 0.3) is 0 Å². The van der Waals surface area contributed by atoms with E-state index < -0.39 is 8.24 Å². The molecule has 0 spiro atoms. The van der Waals surface area contributed by atoms with Gasteiger partial charge in [0, 0.05) is 17.0 Å². The summed E-state index contributed by atoms with van der Waals surface area (Å²) in [4.78, 5) is 0. The van der Waals surface area contributed by atoms with Crippen LogP contribution in [0.5, 0.6) is 0 Å². The number of hydrogen-bond donors (Lipinski definition) is 0. The number of nitrogens with zero attached hydrogens (tertiary/aromatic N) is 1. The van der Waals surface area contributed by atoms with Crippen LogP contribution >= 0.6 is 0 Å². The highest BCUT2D eigenvalue weighted by Gasteiger charge is 2.54. The van der Waals surface area contributed by atoms with Crippen LogP contribution < -0.4 is 0 Å². The molecule has 6 rings (SSSR count). The summed E-state index contributed by atoms with van der Waals surface area (Å²) in [5, 5.41) is 0. The average Bonchev–Trinajstić information content (AvgIpc) is 3.95. The molecule has 346 valence electrons.